The number of hydrogen-bond donors (Lipinski definition) is 0. The summed E-state index contributed by atoms with van der Waals surface area (Å²) < 4.78 is 2.20. The number of nitrogens with zero attached hydrogens (tertiary/aromatic N) is 2. The number of aryl methyl sites for hydroxylation is 1. The van der Waals surface area contributed by atoms with Crippen molar-refractivity contribution in [3.05, 3.63) is 53.9 Å². The van der Waals surface area contributed by atoms with Crippen LogP contribution in [0.4, 0.5) is 0 Å². The Morgan fingerprint density at radius 3 is 2.58 bits per heavy atom. The van der Waals surface area contributed by atoms with Crippen LogP contribution in [-0.2, 0) is 0 Å². The Labute approximate surface area is 127 Å². The second-order valence-corrected chi connectivity index (χ2v) is 6.72. The monoisotopic (exact) mass is 440 g/mol. The molecule has 0 aliphatic carbocycles. The summed E-state index contributed by atoms with van der Waals surface area (Å²) >= 11 is 0.728. The van der Waals surface area contributed by atoms with Gasteiger partial charge in [0.1, 0.15) is 0 Å². The van der Waals surface area contributed by atoms with Gasteiger partial charge in [-0.3, -0.25) is 0 Å². The van der Waals surface area contributed by atoms with Crippen molar-refractivity contribution in [2.75, 3.05) is 0 Å². The molecule has 0 fully saturated rings. The summed E-state index contributed by atoms with van der Waals surface area (Å²) in [6.07, 6.45) is 2.77. The molecule has 3 aromatic rings. The van der Waals surface area contributed by atoms with Crippen LogP contribution in [0.5, 0.6) is 0 Å². The first-order valence-corrected chi connectivity index (χ1v) is 7.98. The molecule has 0 radical (unpaired) electrons. The SMILES string of the molecule is Cc1cc(-c2ccc(C=O)cc2)cc2nc[n]([Tl])c12. The first-order chi connectivity index (χ1) is 9.19. The van der Waals surface area contributed by atoms with Crippen LogP contribution in [0.1, 0.15) is 15.9 Å². The summed E-state index contributed by atoms with van der Waals surface area (Å²) in [5.41, 5.74) is 6.47. The summed E-state index contributed by atoms with van der Waals surface area (Å²) in [5.74, 6) is 0. The van der Waals surface area contributed by atoms with Crippen LogP contribution >= 0.6 is 0 Å². The molecule has 0 bridgehead atoms. The first-order valence-electron chi connectivity index (χ1n) is 5.97. The summed E-state index contributed by atoms with van der Waals surface area (Å²) in [6, 6.07) is 11.9. The Kier molecular flexibility index (Phi) is 3.22. The Bertz CT molecular complexity index is 760. The summed E-state index contributed by atoms with van der Waals surface area (Å²) in [5, 5.41) is 0. The van der Waals surface area contributed by atoms with Gasteiger partial charge in [-0.25, -0.2) is 0 Å². The molecular weight excluding hydrogens is 429 g/mol. The van der Waals surface area contributed by atoms with Gasteiger partial charge < -0.3 is 0 Å². The van der Waals surface area contributed by atoms with Crippen molar-refractivity contribution in [3.63, 3.8) is 0 Å². The molecule has 19 heavy (non-hydrogen) atoms. The number of aldehydes is 1. The third kappa shape index (κ3) is 2.22. The predicted octanol–water partition coefficient (Wildman–Crippen LogP) is 2.76. The molecular formula is C15H11N2OTl. The normalized spacial score (nSPS) is 10.7. The molecule has 1 aromatic heterocycles. The van der Waals surface area contributed by atoms with E-state index in [1.807, 2.05) is 30.6 Å². The second kappa shape index (κ2) is 4.88. The number of imidazole rings is 1. The maximum absolute atomic E-state index is 10.7. The minimum atomic E-state index is 0.701. The fourth-order valence-corrected chi connectivity index (χ4v) is 3.86. The van der Waals surface area contributed by atoms with Crippen molar-refractivity contribution in [1.29, 1.82) is 0 Å². The zero-order chi connectivity index (χ0) is 13.4. The third-order valence-corrected chi connectivity index (χ3v) is 4.76. The van der Waals surface area contributed by atoms with Crippen molar-refractivity contribution < 1.29 is 4.79 Å². The van der Waals surface area contributed by atoms with Crippen LogP contribution in [0.3, 0.4) is 0 Å². The van der Waals surface area contributed by atoms with Crippen LogP contribution in [0.25, 0.3) is 22.2 Å². The quantitative estimate of drug-likeness (QED) is 0.455. The van der Waals surface area contributed by atoms with E-state index in [1.54, 1.807) is 0 Å². The van der Waals surface area contributed by atoms with Crippen molar-refractivity contribution in [1.82, 2.24) is 7.36 Å². The molecule has 3 rings (SSSR count). The Morgan fingerprint density at radius 1 is 1.16 bits per heavy atom. The number of hydrogen-bond acceptors (Lipinski definition) is 2. The molecule has 0 atom stereocenters. The molecule has 0 amide bonds. The van der Waals surface area contributed by atoms with Crippen molar-refractivity contribution in [2.24, 2.45) is 0 Å². The summed E-state index contributed by atoms with van der Waals surface area (Å²) in [6.45, 7) is 2.12. The zero-order valence-electron chi connectivity index (χ0n) is 10.5. The van der Waals surface area contributed by atoms with Gasteiger partial charge in [0.2, 0.25) is 0 Å². The molecule has 0 unspecified atom stereocenters. The van der Waals surface area contributed by atoms with Crippen molar-refractivity contribution in [2.45, 2.75) is 6.92 Å². The molecule has 0 saturated carbocycles. The molecule has 2 aromatic carbocycles. The second-order valence-electron chi connectivity index (χ2n) is 4.55. The van der Waals surface area contributed by atoms with E-state index >= 15 is 0 Å². The topological polar surface area (TPSA) is 34.9 Å². The van der Waals surface area contributed by atoms with Crippen molar-refractivity contribution >= 4 is 43.4 Å². The first kappa shape index (κ1) is 12.5. The average Bonchev–Trinajstić information content (AvgIpc) is 2.81. The molecule has 1 heterocycles. The molecule has 0 aliphatic heterocycles. The van der Waals surface area contributed by atoms with E-state index in [2.05, 4.69) is 26.4 Å². The van der Waals surface area contributed by atoms with E-state index in [4.69, 9.17) is 0 Å². The Hall–Kier alpha value is -1.50. The third-order valence-electron chi connectivity index (χ3n) is 3.24. The number of carbonyl (C=O) groups excluding carboxylic acids is 1. The van der Waals surface area contributed by atoms with E-state index in [1.165, 1.54) is 11.1 Å². The van der Waals surface area contributed by atoms with Gasteiger partial charge in [0.05, 0.1) is 0 Å². The zero-order valence-corrected chi connectivity index (χ0v) is 15.0. The van der Waals surface area contributed by atoms with Crippen molar-refractivity contribution in [3.8, 4) is 11.1 Å². The maximum atomic E-state index is 10.7. The van der Waals surface area contributed by atoms with Gasteiger partial charge in [-0.2, -0.15) is 0 Å². The van der Waals surface area contributed by atoms with E-state index in [-0.39, 0.29) is 0 Å². The van der Waals surface area contributed by atoms with Gasteiger partial charge in [0.15, 0.2) is 0 Å². The molecule has 90 valence electrons. The number of benzene rings is 2. The number of carbonyl (C=O) groups is 1. The number of rotatable bonds is 2. The summed E-state index contributed by atoms with van der Waals surface area (Å²) in [4.78, 5) is 15.1. The molecule has 0 N–H and O–H groups in total. The van der Waals surface area contributed by atoms with E-state index in [0.717, 1.165) is 49.0 Å². The van der Waals surface area contributed by atoms with Gasteiger partial charge in [-0.1, -0.05) is 0 Å². The number of fused-ring (bicyclic) bond motifs is 1. The minimum absolute atomic E-state index is 0.701. The van der Waals surface area contributed by atoms with E-state index in [9.17, 15) is 4.79 Å². The van der Waals surface area contributed by atoms with Gasteiger partial charge in [-0.15, -0.1) is 0 Å². The summed E-state index contributed by atoms with van der Waals surface area (Å²) in [7, 11) is 0. The Balaban J connectivity index is 2.16. The predicted molar refractivity (Wildman–Crippen MR) is 76.4 cm³/mol. The van der Waals surface area contributed by atoms with E-state index < -0.39 is 0 Å². The van der Waals surface area contributed by atoms with Crippen LogP contribution in [-0.4, -0.2) is 39.7 Å². The average molecular weight is 440 g/mol. The van der Waals surface area contributed by atoms with Gasteiger partial charge in [-0.05, 0) is 0 Å². The molecule has 3 nitrogen and oxygen atoms in total. The van der Waals surface area contributed by atoms with Crippen LogP contribution in [0.15, 0.2) is 42.7 Å². The standard InChI is InChI=1S/C15H12N2O.Tl/c1-10-6-13(7-14-15(10)17-9-16-14)12-4-2-11(8-18)3-5-12;/h2-9H,1H3,(H,16,17,18);/q;+1/p-1. The van der Waals surface area contributed by atoms with Gasteiger partial charge >= 0.3 is 127 Å². The molecule has 0 saturated heterocycles. The van der Waals surface area contributed by atoms with Crippen LogP contribution in [0, 0.1) is 6.92 Å². The van der Waals surface area contributed by atoms with Crippen LogP contribution in [0.2, 0.25) is 0 Å². The van der Waals surface area contributed by atoms with Crippen LogP contribution < -0.4 is 0 Å². The number of aromatic nitrogens is 2. The molecule has 4 heteroatoms. The fourth-order valence-electron chi connectivity index (χ4n) is 2.30. The van der Waals surface area contributed by atoms with Gasteiger partial charge in [0.25, 0.3) is 0 Å². The molecule has 0 aliphatic rings. The fraction of sp³-hybridized carbons (Fsp3) is 0.0667. The van der Waals surface area contributed by atoms with E-state index in [0.29, 0.717) is 5.56 Å². The van der Waals surface area contributed by atoms with Gasteiger partial charge in [0, 0.05) is 0 Å². The molecule has 0 spiro atoms. The Morgan fingerprint density at radius 2 is 1.89 bits per heavy atom.